The Morgan fingerprint density at radius 1 is 1.23 bits per heavy atom. The highest BCUT2D eigenvalue weighted by atomic mass is 35.5. The summed E-state index contributed by atoms with van der Waals surface area (Å²) in [4.78, 5) is 16.3. The van der Waals surface area contributed by atoms with Crippen LogP contribution in [-0.2, 0) is 11.4 Å². The monoisotopic (exact) mass is 367 g/mol. The maximum absolute atomic E-state index is 12.2. The topological polar surface area (TPSA) is 77.2 Å². The molecular formula is C19H14ClN3O3. The number of carbonyl (C=O) groups excluding carboxylic acids is 1. The molecule has 0 unspecified atom stereocenters. The summed E-state index contributed by atoms with van der Waals surface area (Å²) in [6, 6.07) is 12.8. The number of ether oxygens (including phenoxy) is 1. The van der Waals surface area contributed by atoms with Crippen LogP contribution in [0.15, 0.2) is 47.0 Å². The van der Waals surface area contributed by atoms with Crippen LogP contribution in [0.3, 0.4) is 0 Å². The molecule has 0 bridgehead atoms. The number of hydrogen-bond donors (Lipinski definition) is 1. The van der Waals surface area contributed by atoms with Gasteiger partial charge in [0.25, 0.3) is 5.91 Å². The summed E-state index contributed by atoms with van der Waals surface area (Å²) in [6.45, 7) is 1.96. The largest absolute Gasteiger partial charge is 0.485 e. The van der Waals surface area contributed by atoms with Crippen LogP contribution in [0.2, 0.25) is 5.02 Å². The van der Waals surface area contributed by atoms with Gasteiger partial charge < -0.3 is 14.6 Å². The summed E-state index contributed by atoms with van der Waals surface area (Å²) in [5.74, 6) is 1.53. The highest BCUT2D eigenvalue weighted by Gasteiger charge is 2.23. The molecular weight excluding hydrogens is 354 g/mol. The zero-order chi connectivity index (χ0) is 18.1. The van der Waals surface area contributed by atoms with Gasteiger partial charge in [0, 0.05) is 23.1 Å². The van der Waals surface area contributed by atoms with Crippen LogP contribution < -0.4 is 10.1 Å². The van der Waals surface area contributed by atoms with E-state index < -0.39 is 0 Å². The molecule has 3 aromatic rings. The number of aromatic nitrogens is 2. The van der Waals surface area contributed by atoms with Gasteiger partial charge in [0.1, 0.15) is 5.75 Å². The lowest BCUT2D eigenvalue weighted by atomic mass is 10.0. The van der Waals surface area contributed by atoms with E-state index in [-0.39, 0.29) is 12.5 Å². The zero-order valence-electron chi connectivity index (χ0n) is 13.8. The first-order chi connectivity index (χ1) is 12.6. The van der Waals surface area contributed by atoms with Gasteiger partial charge in [0.2, 0.25) is 11.7 Å². The summed E-state index contributed by atoms with van der Waals surface area (Å²) >= 11 is 5.97. The fourth-order valence-electron chi connectivity index (χ4n) is 2.68. The van der Waals surface area contributed by atoms with E-state index in [9.17, 15) is 4.79 Å². The summed E-state index contributed by atoms with van der Waals surface area (Å²) in [5.41, 5.74) is 3.06. The Morgan fingerprint density at radius 2 is 2.04 bits per heavy atom. The van der Waals surface area contributed by atoms with Crippen molar-refractivity contribution in [1.29, 1.82) is 0 Å². The van der Waals surface area contributed by atoms with Crippen LogP contribution in [0.4, 0.5) is 5.69 Å². The second-order valence-corrected chi connectivity index (χ2v) is 6.23. The first-order valence-electron chi connectivity index (χ1n) is 7.93. The van der Waals surface area contributed by atoms with Gasteiger partial charge in [-0.15, -0.1) is 0 Å². The minimum absolute atomic E-state index is 0.143. The number of nitrogens with one attached hydrogen (secondary N) is 1. The van der Waals surface area contributed by atoms with E-state index in [1.54, 1.807) is 19.1 Å². The van der Waals surface area contributed by atoms with Gasteiger partial charge in [-0.2, -0.15) is 4.98 Å². The predicted octanol–water partition coefficient (Wildman–Crippen LogP) is 4.10. The van der Waals surface area contributed by atoms with E-state index in [4.69, 9.17) is 20.9 Å². The van der Waals surface area contributed by atoms with Crippen LogP contribution in [0.25, 0.3) is 11.6 Å². The van der Waals surface area contributed by atoms with Crippen molar-refractivity contribution in [3.63, 3.8) is 0 Å². The molecule has 2 heterocycles. The van der Waals surface area contributed by atoms with Gasteiger partial charge in [-0.1, -0.05) is 35.0 Å². The average Bonchev–Trinajstić information content (AvgIpc) is 3.17. The molecule has 0 spiro atoms. The lowest BCUT2D eigenvalue weighted by Gasteiger charge is -2.04. The van der Waals surface area contributed by atoms with Crippen LogP contribution in [0, 0.1) is 6.92 Å². The smallest absolute Gasteiger partial charge is 0.256 e. The average molecular weight is 368 g/mol. The lowest BCUT2D eigenvalue weighted by molar-refractivity contribution is -0.110. The molecule has 1 amide bonds. The summed E-state index contributed by atoms with van der Waals surface area (Å²) in [5, 5.41) is 7.19. The zero-order valence-corrected chi connectivity index (χ0v) is 14.6. The van der Waals surface area contributed by atoms with Gasteiger partial charge in [-0.25, -0.2) is 0 Å². The number of hydrogen-bond acceptors (Lipinski definition) is 5. The third-order valence-electron chi connectivity index (χ3n) is 3.89. The second-order valence-electron chi connectivity index (χ2n) is 5.79. The minimum Gasteiger partial charge on any atom is -0.485 e. The number of nitrogens with zero attached hydrogens (tertiary/aromatic N) is 2. The molecule has 4 rings (SSSR count). The molecule has 6 nitrogen and oxygen atoms in total. The number of halogens is 1. The van der Waals surface area contributed by atoms with Crippen LogP contribution in [0.5, 0.6) is 5.75 Å². The fourth-order valence-corrected chi connectivity index (χ4v) is 2.86. The number of anilines is 1. The molecule has 0 atom stereocenters. The van der Waals surface area contributed by atoms with E-state index in [0.717, 1.165) is 16.8 Å². The molecule has 1 N–H and O–H groups in total. The molecule has 7 heteroatoms. The Kier molecular flexibility index (Phi) is 4.18. The van der Waals surface area contributed by atoms with Gasteiger partial charge >= 0.3 is 0 Å². The van der Waals surface area contributed by atoms with Gasteiger partial charge in [-0.3, -0.25) is 4.79 Å². The number of aryl methyl sites for hydroxylation is 1. The van der Waals surface area contributed by atoms with Crippen molar-refractivity contribution in [1.82, 2.24) is 10.1 Å². The number of carbonyl (C=O) groups is 1. The Balaban J connectivity index is 1.51. The molecule has 26 heavy (non-hydrogen) atoms. The molecule has 0 saturated heterocycles. The van der Waals surface area contributed by atoms with Crippen molar-refractivity contribution < 1.29 is 14.1 Å². The van der Waals surface area contributed by atoms with E-state index >= 15 is 0 Å². The van der Waals surface area contributed by atoms with Crippen molar-refractivity contribution in [3.8, 4) is 5.75 Å². The van der Waals surface area contributed by atoms with Crippen molar-refractivity contribution in [2.24, 2.45) is 0 Å². The van der Waals surface area contributed by atoms with Crippen molar-refractivity contribution >= 4 is 34.8 Å². The van der Waals surface area contributed by atoms with Gasteiger partial charge in [0.15, 0.2) is 6.61 Å². The van der Waals surface area contributed by atoms with Gasteiger partial charge in [-0.05, 0) is 35.9 Å². The molecule has 0 aliphatic carbocycles. The van der Waals surface area contributed by atoms with E-state index in [1.807, 2.05) is 36.4 Å². The standard InChI is InChI=1S/C19H14ClN3O3/c1-11-21-18(23-26-11)10-25-14-5-2-12(3-6-14)8-16-15-7-4-13(20)9-17(15)22-19(16)24/h2-9H,10H2,1H3,(H,22,24). The maximum atomic E-state index is 12.2. The van der Waals surface area contributed by atoms with Crippen molar-refractivity contribution in [3.05, 3.63) is 70.3 Å². The molecule has 130 valence electrons. The SMILES string of the molecule is Cc1nc(COc2ccc(C=C3C(=O)Nc4cc(Cl)ccc43)cc2)no1. The normalized spacial score (nSPS) is 14.4. The van der Waals surface area contributed by atoms with E-state index in [1.165, 1.54) is 0 Å². The van der Waals surface area contributed by atoms with Gasteiger partial charge in [0.05, 0.1) is 5.69 Å². The predicted molar refractivity (Wildman–Crippen MR) is 97.8 cm³/mol. The third-order valence-corrected chi connectivity index (χ3v) is 4.13. The fraction of sp³-hybridized carbons (Fsp3) is 0.105. The number of benzene rings is 2. The van der Waals surface area contributed by atoms with E-state index in [0.29, 0.717) is 28.1 Å². The first kappa shape index (κ1) is 16.4. The summed E-state index contributed by atoms with van der Waals surface area (Å²) in [7, 11) is 0. The van der Waals surface area contributed by atoms with Crippen LogP contribution in [0.1, 0.15) is 22.8 Å². The minimum atomic E-state index is -0.143. The van der Waals surface area contributed by atoms with Crippen molar-refractivity contribution in [2.75, 3.05) is 5.32 Å². The molecule has 1 aliphatic rings. The molecule has 0 radical (unpaired) electrons. The first-order valence-corrected chi connectivity index (χ1v) is 8.31. The molecule has 1 aromatic heterocycles. The third kappa shape index (κ3) is 3.32. The van der Waals surface area contributed by atoms with E-state index in [2.05, 4.69) is 15.5 Å². The Bertz CT molecular complexity index is 1010. The Hall–Kier alpha value is -3.12. The summed E-state index contributed by atoms with van der Waals surface area (Å²) < 4.78 is 10.5. The molecule has 0 saturated carbocycles. The van der Waals surface area contributed by atoms with Crippen molar-refractivity contribution in [2.45, 2.75) is 13.5 Å². The molecule has 2 aromatic carbocycles. The number of rotatable bonds is 4. The number of amides is 1. The van der Waals surface area contributed by atoms with Crippen LogP contribution >= 0.6 is 11.6 Å². The highest BCUT2D eigenvalue weighted by molar-refractivity contribution is 6.36. The summed E-state index contributed by atoms with van der Waals surface area (Å²) in [6.07, 6.45) is 1.83. The second kappa shape index (κ2) is 6.65. The Labute approximate surface area is 154 Å². The number of fused-ring (bicyclic) bond motifs is 1. The van der Waals surface area contributed by atoms with Crippen LogP contribution in [-0.4, -0.2) is 16.0 Å². The lowest BCUT2D eigenvalue weighted by Crippen LogP contribution is -2.03. The Morgan fingerprint density at radius 3 is 2.77 bits per heavy atom. The highest BCUT2D eigenvalue weighted by Crippen LogP contribution is 2.35. The maximum Gasteiger partial charge on any atom is 0.256 e. The molecule has 1 aliphatic heterocycles. The molecule has 0 fully saturated rings. The quantitative estimate of drug-likeness (QED) is 0.702.